The predicted molar refractivity (Wildman–Crippen MR) is 113 cm³/mol. The third-order valence-corrected chi connectivity index (χ3v) is 6.02. The number of aliphatic hydroxyl groups excluding tert-OH is 1. The van der Waals surface area contributed by atoms with E-state index < -0.39 is 6.10 Å². The van der Waals surface area contributed by atoms with E-state index in [0.717, 1.165) is 36.0 Å². The summed E-state index contributed by atoms with van der Waals surface area (Å²) in [6, 6.07) is 0. The van der Waals surface area contributed by atoms with Crippen LogP contribution in [0, 0.1) is 18.3 Å². The number of fused-ring (bicyclic) bond motifs is 3. The number of aromatic amines is 1. The molecule has 0 aliphatic heterocycles. The molecule has 0 saturated heterocycles. The lowest BCUT2D eigenvalue weighted by Crippen LogP contribution is -2.37. The summed E-state index contributed by atoms with van der Waals surface area (Å²) in [5.41, 5.74) is 1.16. The van der Waals surface area contributed by atoms with E-state index in [4.69, 9.17) is 16.1 Å². The molecule has 28 heavy (non-hydrogen) atoms. The lowest BCUT2D eigenvalue weighted by Gasteiger charge is -2.26. The van der Waals surface area contributed by atoms with E-state index >= 15 is 0 Å². The molecule has 1 aliphatic carbocycles. The molecule has 0 fully saturated rings. The third-order valence-electron chi connectivity index (χ3n) is 4.84. The number of H-pyrrole nitrogens is 1. The van der Waals surface area contributed by atoms with Crippen LogP contribution in [0.5, 0.6) is 0 Å². The normalized spacial score (nSPS) is 15.1. The number of ether oxygens (including phenoxy) is 1. The number of nitrogens with one attached hydrogen (secondary N) is 1. The third kappa shape index (κ3) is 5.21. The van der Waals surface area contributed by atoms with Gasteiger partial charge in [0.15, 0.2) is 0 Å². The molecule has 0 unspecified atom stereocenters. The number of hydrogen-bond acceptors (Lipinski definition) is 6. The van der Waals surface area contributed by atoms with Gasteiger partial charge in [-0.15, -0.1) is 17.8 Å². The number of terminal acetylenes is 1. The van der Waals surface area contributed by atoms with Crippen molar-refractivity contribution in [2.45, 2.75) is 52.2 Å². The monoisotopic (exact) mass is 403 g/mol. The van der Waals surface area contributed by atoms with Gasteiger partial charge in [-0.1, -0.05) is 19.8 Å². The predicted octanol–water partition coefficient (Wildman–Crippen LogP) is 2.33. The fourth-order valence-electron chi connectivity index (χ4n) is 3.82. The lowest BCUT2D eigenvalue weighted by atomic mass is 9.97. The highest BCUT2D eigenvalue weighted by Gasteiger charge is 2.21. The van der Waals surface area contributed by atoms with Gasteiger partial charge in [0.25, 0.3) is 5.56 Å². The molecule has 0 aromatic carbocycles. The molecule has 0 spiro atoms. The fraction of sp³-hybridized carbons (Fsp3) is 0.619. The van der Waals surface area contributed by atoms with Crippen LogP contribution in [-0.4, -0.2) is 52.4 Å². The number of hydrogen-bond donors (Lipinski definition) is 2. The Bertz CT molecular complexity index is 897. The molecule has 152 valence electrons. The first-order chi connectivity index (χ1) is 13.5. The summed E-state index contributed by atoms with van der Waals surface area (Å²) in [6.07, 6.45) is 8.88. The second-order valence-electron chi connectivity index (χ2n) is 7.86. The van der Waals surface area contributed by atoms with Gasteiger partial charge in [-0.05, 0) is 37.2 Å². The van der Waals surface area contributed by atoms with Gasteiger partial charge in [0.05, 0.1) is 24.6 Å². The minimum absolute atomic E-state index is 0.0400. The molecule has 2 heterocycles. The maximum atomic E-state index is 12.7. The first-order valence-electron chi connectivity index (χ1n) is 9.93. The van der Waals surface area contributed by atoms with E-state index in [2.05, 4.69) is 29.7 Å². The number of aliphatic hydroxyl groups is 1. The van der Waals surface area contributed by atoms with E-state index in [9.17, 15) is 9.90 Å². The van der Waals surface area contributed by atoms with Gasteiger partial charge in [0.2, 0.25) is 0 Å². The highest BCUT2D eigenvalue weighted by Crippen LogP contribution is 2.33. The largest absolute Gasteiger partial charge is 0.389 e. The minimum Gasteiger partial charge on any atom is -0.389 e. The molecule has 0 radical (unpaired) electrons. The molecule has 2 N–H and O–H groups in total. The molecule has 3 rings (SSSR count). The number of thiophene rings is 1. The lowest BCUT2D eigenvalue weighted by molar-refractivity contribution is 0.0232. The van der Waals surface area contributed by atoms with Crippen molar-refractivity contribution in [2.24, 2.45) is 5.92 Å². The molecule has 7 heteroatoms. The average Bonchev–Trinajstić information content (AvgIpc) is 3.00. The summed E-state index contributed by atoms with van der Waals surface area (Å²) in [5, 5.41) is 11.0. The van der Waals surface area contributed by atoms with Gasteiger partial charge in [0, 0.05) is 18.0 Å². The van der Waals surface area contributed by atoms with Crippen molar-refractivity contribution >= 4 is 21.6 Å². The number of aryl methyl sites for hydroxylation is 2. The smallest absolute Gasteiger partial charge is 0.259 e. The molecule has 1 aliphatic rings. The molecule has 6 nitrogen and oxygen atoms in total. The summed E-state index contributed by atoms with van der Waals surface area (Å²) in [6.45, 7) is 6.34. The zero-order valence-electron chi connectivity index (χ0n) is 16.7. The van der Waals surface area contributed by atoms with E-state index in [-0.39, 0.29) is 18.8 Å². The van der Waals surface area contributed by atoms with Crippen molar-refractivity contribution in [1.82, 2.24) is 14.9 Å². The van der Waals surface area contributed by atoms with Crippen LogP contribution in [0.1, 0.15) is 43.0 Å². The van der Waals surface area contributed by atoms with Crippen molar-refractivity contribution in [3.05, 3.63) is 26.6 Å². The molecule has 0 bridgehead atoms. The Balaban J connectivity index is 1.77. The zero-order valence-corrected chi connectivity index (χ0v) is 17.5. The summed E-state index contributed by atoms with van der Waals surface area (Å²) >= 11 is 1.66. The fourth-order valence-corrected chi connectivity index (χ4v) is 5.10. The Labute approximate surface area is 169 Å². The maximum Gasteiger partial charge on any atom is 0.259 e. The summed E-state index contributed by atoms with van der Waals surface area (Å²) < 4.78 is 5.24. The van der Waals surface area contributed by atoms with Crippen LogP contribution in [0.2, 0.25) is 0 Å². The first kappa shape index (κ1) is 21.0. The molecular weight excluding hydrogens is 374 g/mol. The van der Waals surface area contributed by atoms with Crippen molar-refractivity contribution in [1.29, 1.82) is 0 Å². The van der Waals surface area contributed by atoms with Gasteiger partial charge in [0.1, 0.15) is 17.3 Å². The topological polar surface area (TPSA) is 78.5 Å². The van der Waals surface area contributed by atoms with E-state index in [1.807, 2.05) is 0 Å². The van der Waals surface area contributed by atoms with Crippen LogP contribution < -0.4 is 5.56 Å². The van der Waals surface area contributed by atoms with Gasteiger partial charge in [-0.2, -0.15) is 0 Å². The number of rotatable bonds is 9. The Morgan fingerprint density at radius 3 is 2.89 bits per heavy atom. The van der Waals surface area contributed by atoms with Gasteiger partial charge < -0.3 is 14.8 Å². The van der Waals surface area contributed by atoms with Crippen LogP contribution in [0.3, 0.4) is 0 Å². The Hall–Kier alpha value is -1.72. The van der Waals surface area contributed by atoms with Crippen LogP contribution >= 0.6 is 11.3 Å². The Kier molecular flexibility index (Phi) is 7.24. The summed E-state index contributed by atoms with van der Waals surface area (Å²) in [4.78, 5) is 24.7. The highest BCUT2D eigenvalue weighted by molar-refractivity contribution is 7.18. The SMILES string of the molecule is C#CCOC[C@@H](O)CN(Cc1nc2sc3c(c2c(=O)[nH]1)CCCC3)CC(C)C. The maximum absolute atomic E-state index is 12.7. The summed E-state index contributed by atoms with van der Waals surface area (Å²) in [5.74, 6) is 3.46. The molecule has 1 atom stereocenters. The van der Waals surface area contributed by atoms with Crippen molar-refractivity contribution < 1.29 is 9.84 Å². The van der Waals surface area contributed by atoms with Crippen molar-refractivity contribution in [3.8, 4) is 12.3 Å². The minimum atomic E-state index is -0.642. The van der Waals surface area contributed by atoms with Crippen LogP contribution in [0.4, 0.5) is 0 Å². The quantitative estimate of drug-likeness (QED) is 0.496. The van der Waals surface area contributed by atoms with Crippen molar-refractivity contribution in [2.75, 3.05) is 26.3 Å². The Morgan fingerprint density at radius 1 is 1.36 bits per heavy atom. The van der Waals surface area contributed by atoms with Gasteiger partial charge in [-0.3, -0.25) is 9.69 Å². The first-order valence-corrected chi connectivity index (χ1v) is 10.7. The standard InChI is InChI=1S/C21H29N3O3S/c1-4-9-27-13-15(25)11-24(10-14(2)3)12-18-22-20(26)19-16-7-5-6-8-17(16)28-21(19)23-18/h1,14-15,25H,5-13H2,2-3H3,(H,22,23,26)/t15-/m0/s1. The molecule has 0 amide bonds. The molecule has 2 aromatic heterocycles. The van der Waals surface area contributed by atoms with Crippen LogP contribution in [0.15, 0.2) is 4.79 Å². The highest BCUT2D eigenvalue weighted by atomic mass is 32.1. The second-order valence-corrected chi connectivity index (χ2v) is 8.95. The zero-order chi connectivity index (χ0) is 20.1. The van der Waals surface area contributed by atoms with Gasteiger partial charge in [-0.25, -0.2) is 4.98 Å². The summed E-state index contributed by atoms with van der Waals surface area (Å²) in [7, 11) is 0. The Morgan fingerprint density at radius 2 is 2.14 bits per heavy atom. The molecular formula is C21H29N3O3S. The van der Waals surface area contributed by atoms with E-state index in [1.165, 1.54) is 16.9 Å². The average molecular weight is 404 g/mol. The second kappa shape index (κ2) is 9.66. The van der Waals surface area contributed by atoms with E-state index in [0.29, 0.717) is 24.8 Å². The van der Waals surface area contributed by atoms with Crippen LogP contribution in [-0.2, 0) is 24.1 Å². The van der Waals surface area contributed by atoms with Crippen molar-refractivity contribution in [3.63, 3.8) is 0 Å². The number of nitrogens with zero attached hydrogens (tertiary/aromatic N) is 2. The van der Waals surface area contributed by atoms with Crippen LogP contribution in [0.25, 0.3) is 10.2 Å². The van der Waals surface area contributed by atoms with Gasteiger partial charge >= 0.3 is 0 Å². The number of aromatic nitrogens is 2. The molecule has 2 aromatic rings. The van der Waals surface area contributed by atoms with E-state index in [1.54, 1.807) is 11.3 Å². The molecule has 0 saturated carbocycles.